The minimum atomic E-state index is 0.797. The minimum Gasteiger partial charge on any atom is -0.312 e. The summed E-state index contributed by atoms with van der Waals surface area (Å²) in [5.74, 6) is 1.03. The third-order valence-corrected chi connectivity index (χ3v) is 3.11. The molecule has 2 fully saturated rings. The van der Waals surface area contributed by atoms with Gasteiger partial charge in [0.15, 0.2) is 0 Å². The second-order valence-electron chi connectivity index (χ2n) is 4.23. The van der Waals surface area contributed by atoms with Crippen LogP contribution in [0.5, 0.6) is 0 Å². The smallest absolute Gasteiger partial charge is 0.0207 e. The lowest BCUT2D eigenvalue weighted by atomic mass is 10.2. The monoisotopic (exact) mass is 168 g/mol. The second-order valence-corrected chi connectivity index (χ2v) is 4.23. The maximum absolute atomic E-state index is 3.67. The molecule has 2 nitrogen and oxygen atoms in total. The van der Waals surface area contributed by atoms with Crippen molar-refractivity contribution < 1.29 is 0 Å². The highest BCUT2D eigenvalue weighted by Gasteiger charge is 2.25. The van der Waals surface area contributed by atoms with Crippen molar-refractivity contribution in [2.75, 3.05) is 26.2 Å². The van der Waals surface area contributed by atoms with E-state index in [2.05, 4.69) is 17.1 Å². The molecule has 2 aliphatic rings. The van der Waals surface area contributed by atoms with E-state index in [1.807, 2.05) is 0 Å². The van der Waals surface area contributed by atoms with Crippen molar-refractivity contribution in [2.24, 2.45) is 5.92 Å². The third kappa shape index (κ3) is 2.20. The highest BCUT2D eigenvalue weighted by molar-refractivity contribution is 4.83. The number of nitrogens with one attached hydrogen (secondary N) is 1. The van der Waals surface area contributed by atoms with Gasteiger partial charge in [-0.1, -0.05) is 6.92 Å². The van der Waals surface area contributed by atoms with Crippen LogP contribution in [0.15, 0.2) is 0 Å². The largest absolute Gasteiger partial charge is 0.312 e. The van der Waals surface area contributed by atoms with Crippen molar-refractivity contribution in [3.63, 3.8) is 0 Å². The maximum atomic E-state index is 3.67. The lowest BCUT2D eigenvalue weighted by Crippen LogP contribution is -2.33. The van der Waals surface area contributed by atoms with E-state index in [0.717, 1.165) is 12.0 Å². The number of rotatable bonds is 4. The van der Waals surface area contributed by atoms with E-state index in [1.165, 1.54) is 45.4 Å². The van der Waals surface area contributed by atoms with Crippen molar-refractivity contribution in [1.82, 2.24) is 10.2 Å². The first-order chi connectivity index (χ1) is 5.88. The number of likely N-dealkylation sites (tertiary alicyclic amines) is 1. The Bertz CT molecular complexity index is 143. The molecule has 2 rings (SSSR count). The van der Waals surface area contributed by atoms with Crippen LogP contribution >= 0.6 is 0 Å². The number of hydrogen-bond donors (Lipinski definition) is 1. The quantitative estimate of drug-likeness (QED) is 0.676. The van der Waals surface area contributed by atoms with E-state index in [9.17, 15) is 0 Å². The van der Waals surface area contributed by atoms with Crippen LogP contribution in [0, 0.1) is 5.92 Å². The molecule has 1 atom stereocenters. The Hall–Kier alpha value is -0.0800. The summed E-state index contributed by atoms with van der Waals surface area (Å²) in [6, 6.07) is 0.797. The molecular weight excluding hydrogens is 148 g/mol. The van der Waals surface area contributed by atoms with Gasteiger partial charge in [-0.2, -0.15) is 0 Å². The van der Waals surface area contributed by atoms with Gasteiger partial charge in [0.25, 0.3) is 0 Å². The van der Waals surface area contributed by atoms with Gasteiger partial charge in [-0.3, -0.25) is 0 Å². The van der Waals surface area contributed by atoms with Crippen molar-refractivity contribution >= 4 is 0 Å². The molecule has 1 N–H and O–H groups in total. The van der Waals surface area contributed by atoms with Gasteiger partial charge in [0, 0.05) is 12.6 Å². The van der Waals surface area contributed by atoms with Gasteiger partial charge in [-0.05, 0) is 44.8 Å². The van der Waals surface area contributed by atoms with Gasteiger partial charge in [-0.25, -0.2) is 0 Å². The minimum absolute atomic E-state index is 0.797. The molecule has 0 aromatic carbocycles. The Labute approximate surface area is 75.3 Å². The average Bonchev–Trinajstić information content (AvgIpc) is 2.81. The van der Waals surface area contributed by atoms with Crippen LogP contribution in [0.2, 0.25) is 0 Å². The first-order valence-electron chi connectivity index (χ1n) is 5.34. The van der Waals surface area contributed by atoms with E-state index in [4.69, 9.17) is 0 Å². The maximum Gasteiger partial charge on any atom is 0.0207 e. The van der Waals surface area contributed by atoms with Crippen LogP contribution < -0.4 is 5.32 Å². The molecule has 1 saturated carbocycles. The molecule has 0 bridgehead atoms. The summed E-state index contributed by atoms with van der Waals surface area (Å²) in [6.45, 7) is 7.34. The summed E-state index contributed by atoms with van der Waals surface area (Å²) in [7, 11) is 0. The van der Waals surface area contributed by atoms with Gasteiger partial charge in [0.1, 0.15) is 0 Å². The zero-order valence-electron chi connectivity index (χ0n) is 8.05. The third-order valence-electron chi connectivity index (χ3n) is 3.11. The van der Waals surface area contributed by atoms with Gasteiger partial charge in [0.05, 0.1) is 0 Å². The lowest BCUT2D eigenvalue weighted by molar-refractivity contribution is 0.345. The normalized spacial score (nSPS) is 31.2. The molecule has 1 saturated heterocycles. The van der Waals surface area contributed by atoms with Crippen LogP contribution in [0.25, 0.3) is 0 Å². The zero-order valence-corrected chi connectivity index (χ0v) is 8.05. The fourth-order valence-corrected chi connectivity index (χ4v) is 1.94. The summed E-state index contributed by atoms with van der Waals surface area (Å²) >= 11 is 0. The van der Waals surface area contributed by atoms with Gasteiger partial charge in [-0.15, -0.1) is 0 Å². The lowest BCUT2D eigenvalue weighted by Gasteiger charge is -2.14. The van der Waals surface area contributed by atoms with E-state index in [-0.39, 0.29) is 0 Å². The van der Waals surface area contributed by atoms with Crippen LogP contribution in [0.3, 0.4) is 0 Å². The van der Waals surface area contributed by atoms with Crippen LogP contribution in [-0.2, 0) is 0 Å². The topological polar surface area (TPSA) is 15.3 Å². The molecule has 70 valence electrons. The first kappa shape index (κ1) is 8.52. The Morgan fingerprint density at radius 2 is 2.17 bits per heavy atom. The summed E-state index contributed by atoms with van der Waals surface area (Å²) in [6.07, 6.45) is 4.30. The van der Waals surface area contributed by atoms with Crippen LogP contribution in [0.1, 0.15) is 26.2 Å². The molecule has 0 aromatic heterocycles. The predicted molar refractivity (Wildman–Crippen MR) is 51.2 cm³/mol. The summed E-state index contributed by atoms with van der Waals surface area (Å²) in [5, 5.41) is 3.67. The number of hydrogen-bond acceptors (Lipinski definition) is 2. The average molecular weight is 168 g/mol. The standard InChI is InChI=1S/C10H20N2/c1-2-12-6-5-10(8-12)11-7-9-3-4-9/h9-11H,2-8H2,1H3. The van der Waals surface area contributed by atoms with Crippen LogP contribution in [-0.4, -0.2) is 37.1 Å². The molecule has 12 heavy (non-hydrogen) atoms. The highest BCUT2D eigenvalue weighted by atomic mass is 15.2. The predicted octanol–water partition coefficient (Wildman–Crippen LogP) is 1.08. The number of likely N-dealkylation sites (N-methyl/N-ethyl adjacent to an activating group) is 1. The fourth-order valence-electron chi connectivity index (χ4n) is 1.94. The van der Waals surface area contributed by atoms with E-state index < -0.39 is 0 Å². The molecule has 1 aliphatic heterocycles. The Balaban J connectivity index is 1.61. The molecule has 0 spiro atoms. The van der Waals surface area contributed by atoms with Crippen molar-refractivity contribution in [3.05, 3.63) is 0 Å². The van der Waals surface area contributed by atoms with Crippen LogP contribution in [0.4, 0.5) is 0 Å². The van der Waals surface area contributed by atoms with Crippen molar-refractivity contribution in [1.29, 1.82) is 0 Å². The summed E-state index contributed by atoms with van der Waals surface area (Å²) < 4.78 is 0. The molecule has 0 aromatic rings. The molecule has 2 heteroatoms. The van der Waals surface area contributed by atoms with Crippen molar-refractivity contribution in [2.45, 2.75) is 32.2 Å². The van der Waals surface area contributed by atoms with Gasteiger partial charge < -0.3 is 10.2 Å². The Morgan fingerprint density at radius 1 is 1.33 bits per heavy atom. The molecule has 0 amide bonds. The van der Waals surface area contributed by atoms with E-state index in [1.54, 1.807) is 0 Å². The van der Waals surface area contributed by atoms with Gasteiger partial charge in [0.2, 0.25) is 0 Å². The summed E-state index contributed by atoms with van der Waals surface area (Å²) in [5.41, 5.74) is 0. The molecule has 1 aliphatic carbocycles. The van der Waals surface area contributed by atoms with E-state index >= 15 is 0 Å². The zero-order chi connectivity index (χ0) is 8.39. The molecule has 1 unspecified atom stereocenters. The molecular formula is C10H20N2. The summed E-state index contributed by atoms with van der Waals surface area (Å²) in [4.78, 5) is 2.53. The number of nitrogens with zero attached hydrogens (tertiary/aromatic N) is 1. The molecule has 1 heterocycles. The first-order valence-corrected chi connectivity index (χ1v) is 5.34. The Morgan fingerprint density at radius 3 is 2.75 bits per heavy atom. The van der Waals surface area contributed by atoms with Gasteiger partial charge >= 0.3 is 0 Å². The second kappa shape index (κ2) is 3.75. The highest BCUT2D eigenvalue weighted by Crippen LogP contribution is 2.28. The van der Waals surface area contributed by atoms with E-state index in [0.29, 0.717) is 0 Å². The van der Waals surface area contributed by atoms with Crippen molar-refractivity contribution in [3.8, 4) is 0 Å². The SMILES string of the molecule is CCN1CCC(NCC2CC2)C1. The Kier molecular flexibility index (Phi) is 2.66. The molecule has 0 radical (unpaired) electrons. The fraction of sp³-hybridized carbons (Fsp3) is 1.00.